The Morgan fingerprint density at radius 2 is 1.80 bits per heavy atom. The van der Waals surface area contributed by atoms with Crippen molar-refractivity contribution in [1.29, 1.82) is 0 Å². The second kappa shape index (κ2) is 6.26. The molecule has 0 radical (unpaired) electrons. The highest BCUT2D eigenvalue weighted by Crippen LogP contribution is 2.23. The van der Waals surface area contributed by atoms with E-state index in [-0.39, 0.29) is 6.04 Å². The molecule has 1 N–H and O–H groups in total. The van der Waals surface area contributed by atoms with Gasteiger partial charge in [-0.2, -0.15) is 13.2 Å². The van der Waals surface area contributed by atoms with Crippen molar-refractivity contribution in [3.05, 3.63) is 35.9 Å². The molecule has 0 saturated carbocycles. The molecule has 1 aliphatic rings. The zero-order valence-corrected chi connectivity index (χ0v) is 11.0. The quantitative estimate of drug-likeness (QED) is 0.925. The Labute approximate surface area is 115 Å². The van der Waals surface area contributed by atoms with Gasteiger partial charge < -0.3 is 10.2 Å². The lowest BCUT2D eigenvalue weighted by molar-refractivity contribution is -0.145. The summed E-state index contributed by atoms with van der Waals surface area (Å²) in [6.45, 7) is 0.0909. The second-order valence-electron chi connectivity index (χ2n) is 4.90. The van der Waals surface area contributed by atoms with Crippen LogP contribution in [0.2, 0.25) is 0 Å². The minimum Gasteiger partial charge on any atom is -0.326 e. The number of hydrogen-bond donors (Lipinski definition) is 1. The molecule has 20 heavy (non-hydrogen) atoms. The summed E-state index contributed by atoms with van der Waals surface area (Å²) in [5.41, 5.74) is 0.301. The van der Waals surface area contributed by atoms with Gasteiger partial charge in [0.1, 0.15) is 6.54 Å². The minimum atomic E-state index is -4.38. The summed E-state index contributed by atoms with van der Waals surface area (Å²) in [6, 6.07) is 7.78. The zero-order chi connectivity index (χ0) is 14.6. The molecule has 6 heteroatoms. The lowest BCUT2D eigenvalue weighted by Gasteiger charge is -2.35. The minimum absolute atomic E-state index is 0.301. The lowest BCUT2D eigenvalue weighted by Crippen LogP contribution is -2.49. The maximum Gasteiger partial charge on any atom is 0.406 e. The Balaban J connectivity index is 2.19. The molecule has 2 rings (SSSR count). The number of halogens is 3. The predicted molar refractivity (Wildman–Crippen MR) is 69.4 cm³/mol. The molecule has 1 saturated heterocycles. The molecule has 0 aromatic heterocycles. The molecule has 1 amide bonds. The van der Waals surface area contributed by atoms with Gasteiger partial charge in [-0.3, -0.25) is 4.79 Å². The standard InChI is InChI=1S/C14H17F3N2O/c15-14(16,17)10-19(12-6-8-18-9-7-12)13(20)11-4-2-1-3-5-11/h1-5,12,18H,6-10H2. The normalized spacial score (nSPS) is 16.9. The van der Waals surface area contributed by atoms with Gasteiger partial charge in [0.25, 0.3) is 5.91 Å². The molecule has 1 aromatic rings. The van der Waals surface area contributed by atoms with Gasteiger partial charge in [0.05, 0.1) is 0 Å². The highest BCUT2D eigenvalue weighted by molar-refractivity contribution is 5.94. The molecule has 0 aliphatic carbocycles. The van der Waals surface area contributed by atoms with Crippen molar-refractivity contribution >= 4 is 5.91 Å². The van der Waals surface area contributed by atoms with Crippen LogP contribution in [-0.2, 0) is 0 Å². The molecule has 0 unspecified atom stereocenters. The number of benzene rings is 1. The fourth-order valence-electron chi connectivity index (χ4n) is 2.42. The molecule has 1 aromatic carbocycles. The number of hydrogen-bond acceptors (Lipinski definition) is 2. The van der Waals surface area contributed by atoms with Crippen LogP contribution < -0.4 is 5.32 Å². The third-order valence-electron chi connectivity index (χ3n) is 3.38. The van der Waals surface area contributed by atoms with E-state index < -0.39 is 18.6 Å². The lowest BCUT2D eigenvalue weighted by atomic mass is 10.0. The van der Waals surface area contributed by atoms with Crippen molar-refractivity contribution in [1.82, 2.24) is 10.2 Å². The van der Waals surface area contributed by atoms with Crippen molar-refractivity contribution in [3.63, 3.8) is 0 Å². The molecule has 1 fully saturated rings. The maximum absolute atomic E-state index is 12.7. The monoisotopic (exact) mass is 286 g/mol. The SMILES string of the molecule is O=C(c1ccccc1)N(CC(F)(F)F)C1CCNCC1. The van der Waals surface area contributed by atoms with E-state index >= 15 is 0 Å². The number of carbonyl (C=O) groups is 1. The topological polar surface area (TPSA) is 32.3 Å². The summed E-state index contributed by atoms with van der Waals surface area (Å²) in [5, 5.41) is 3.09. The van der Waals surface area contributed by atoms with Crippen LogP contribution in [0.4, 0.5) is 13.2 Å². The summed E-state index contributed by atoms with van der Waals surface area (Å²) >= 11 is 0. The first kappa shape index (κ1) is 14.8. The second-order valence-corrected chi connectivity index (χ2v) is 4.90. The Hall–Kier alpha value is -1.56. The maximum atomic E-state index is 12.7. The first-order valence-electron chi connectivity index (χ1n) is 6.61. The molecule has 0 spiro atoms. The van der Waals surface area contributed by atoms with E-state index in [0.717, 1.165) is 4.90 Å². The third kappa shape index (κ3) is 3.96. The Bertz CT molecular complexity index is 441. The van der Waals surface area contributed by atoms with Gasteiger partial charge in [0.2, 0.25) is 0 Å². The first-order chi connectivity index (χ1) is 9.47. The Kier molecular flexibility index (Phi) is 4.65. The largest absolute Gasteiger partial charge is 0.406 e. The van der Waals surface area contributed by atoms with Gasteiger partial charge in [0, 0.05) is 11.6 Å². The predicted octanol–water partition coefficient (Wildman–Crippen LogP) is 2.44. The van der Waals surface area contributed by atoms with Gasteiger partial charge >= 0.3 is 6.18 Å². The molecular formula is C14H17F3N2O. The molecule has 1 heterocycles. The van der Waals surface area contributed by atoms with Crippen LogP contribution in [0.15, 0.2) is 30.3 Å². The van der Waals surface area contributed by atoms with E-state index in [1.807, 2.05) is 0 Å². The van der Waals surface area contributed by atoms with Gasteiger partial charge in [0.15, 0.2) is 0 Å². The highest BCUT2D eigenvalue weighted by atomic mass is 19.4. The average molecular weight is 286 g/mol. The number of carbonyl (C=O) groups excluding carboxylic acids is 1. The zero-order valence-electron chi connectivity index (χ0n) is 11.0. The van der Waals surface area contributed by atoms with E-state index in [1.54, 1.807) is 30.3 Å². The number of nitrogens with one attached hydrogen (secondary N) is 1. The molecule has 3 nitrogen and oxygen atoms in total. The van der Waals surface area contributed by atoms with Crippen LogP contribution in [0.25, 0.3) is 0 Å². The number of nitrogens with zero attached hydrogens (tertiary/aromatic N) is 1. The molecule has 110 valence electrons. The fraction of sp³-hybridized carbons (Fsp3) is 0.500. The highest BCUT2D eigenvalue weighted by Gasteiger charge is 2.37. The van der Waals surface area contributed by atoms with Gasteiger partial charge in [-0.05, 0) is 38.1 Å². The molecule has 0 atom stereocenters. The van der Waals surface area contributed by atoms with Crippen LogP contribution in [-0.4, -0.2) is 42.7 Å². The average Bonchev–Trinajstić information content (AvgIpc) is 2.45. The van der Waals surface area contributed by atoms with E-state index in [0.29, 0.717) is 31.5 Å². The summed E-state index contributed by atoms with van der Waals surface area (Å²) in [5.74, 6) is -0.546. The summed E-state index contributed by atoms with van der Waals surface area (Å²) in [7, 11) is 0. The van der Waals surface area contributed by atoms with E-state index in [1.165, 1.54) is 0 Å². The smallest absolute Gasteiger partial charge is 0.326 e. The molecule has 1 aliphatic heterocycles. The number of alkyl halides is 3. The van der Waals surface area contributed by atoms with Crippen LogP contribution in [0.1, 0.15) is 23.2 Å². The Morgan fingerprint density at radius 1 is 1.20 bits per heavy atom. The van der Waals surface area contributed by atoms with Crippen LogP contribution in [0.3, 0.4) is 0 Å². The van der Waals surface area contributed by atoms with Gasteiger partial charge in [-0.15, -0.1) is 0 Å². The number of amides is 1. The van der Waals surface area contributed by atoms with Crippen molar-refractivity contribution in [3.8, 4) is 0 Å². The third-order valence-corrected chi connectivity index (χ3v) is 3.38. The van der Waals surface area contributed by atoms with E-state index in [9.17, 15) is 18.0 Å². The fourth-order valence-corrected chi connectivity index (χ4v) is 2.42. The van der Waals surface area contributed by atoms with E-state index in [4.69, 9.17) is 0 Å². The van der Waals surface area contributed by atoms with Crippen molar-refractivity contribution in [2.45, 2.75) is 25.1 Å². The van der Waals surface area contributed by atoms with Crippen molar-refractivity contribution < 1.29 is 18.0 Å². The van der Waals surface area contributed by atoms with Crippen molar-refractivity contribution in [2.24, 2.45) is 0 Å². The summed E-state index contributed by atoms with van der Waals surface area (Å²) < 4.78 is 38.2. The van der Waals surface area contributed by atoms with Crippen LogP contribution in [0.5, 0.6) is 0 Å². The molecular weight excluding hydrogens is 269 g/mol. The first-order valence-corrected chi connectivity index (χ1v) is 6.61. The van der Waals surface area contributed by atoms with Gasteiger partial charge in [-0.1, -0.05) is 18.2 Å². The van der Waals surface area contributed by atoms with Gasteiger partial charge in [-0.25, -0.2) is 0 Å². The number of rotatable bonds is 3. The summed E-state index contributed by atoms with van der Waals surface area (Å²) in [4.78, 5) is 13.3. The van der Waals surface area contributed by atoms with Crippen LogP contribution >= 0.6 is 0 Å². The Morgan fingerprint density at radius 3 is 2.35 bits per heavy atom. The summed E-state index contributed by atoms with van der Waals surface area (Å²) in [6.07, 6.45) is -3.28. The molecule has 0 bridgehead atoms. The van der Waals surface area contributed by atoms with E-state index in [2.05, 4.69) is 5.32 Å². The van der Waals surface area contributed by atoms with Crippen LogP contribution in [0, 0.1) is 0 Å². The number of piperidine rings is 1. The van der Waals surface area contributed by atoms with Crippen molar-refractivity contribution in [2.75, 3.05) is 19.6 Å².